The number of hydrogen-bond acceptors (Lipinski definition) is 3. The van der Waals surface area contributed by atoms with E-state index in [1.54, 1.807) is 4.90 Å². The minimum Gasteiger partial charge on any atom is -0.391 e. The van der Waals surface area contributed by atoms with E-state index in [0.717, 1.165) is 0 Å². The summed E-state index contributed by atoms with van der Waals surface area (Å²) >= 11 is 0. The first-order valence-corrected chi connectivity index (χ1v) is 4.80. The molecule has 0 aliphatic carbocycles. The summed E-state index contributed by atoms with van der Waals surface area (Å²) in [6.45, 7) is 2.85. The molecule has 14 heavy (non-hydrogen) atoms. The summed E-state index contributed by atoms with van der Waals surface area (Å²) in [7, 11) is 0. The third-order valence-electron chi connectivity index (χ3n) is 2.23. The second-order valence-electron chi connectivity index (χ2n) is 3.52. The molecule has 0 bridgehead atoms. The highest BCUT2D eigenvalue weighted by Gasteiger charge is 2.23. The van der Waals surface area contributed by atoms with Gasteiger partial charge in [-0.25, -0.2) is 0 Å². The van der Waals surface area contributed by atoms with Crippen LogP contribution in [0.2, 0.25) is 0 Å². The summed E-state index contributed by atoms with van der Waals surface area (Å²) < 4.78 is 0. The van der Waals surface area contributed by atoms with E-state index in [1.165, 1.54) is 6.92 Å². The SMILES string of the molecule is CC(=O)NCCC(=O)N1CCC(O)C1. The van der Waals surface area contributed by atoms with E-state index in [1.807, 2.05) is 0 Å². The average Bonchev–Trinajstić information content (AvgIpc) is 2.51. The summed E-state index contributed by atoms with van der Waals surface area (Å²) in [5.41, 5.74) is 0. The number of β-amino-alcohol motifs (C(OH)–C–C–N with tert-alkyl or cyclic N) is 1. The minimum atomic E-state index is -0.375. The van der Waals surface area contributed by atoms with Crippen molar-refractivity contribution in [1.82, 2.24) is 10.2 Å². The predicted molar refractivity (Wildman–Crippen MR) is 50.5 cm³/mol. The lowest BCUT2D eigenvalue weighted by Crippen LogP contribution is -2.33. The van der Waals surface area contributed by atoms with Gasteiger partial charge in [-0.05, 0) is 6.42 Å². The van der Waals surface area contributed by atoms with Crippen LogP contribution in [0.5, 0.6) is 0 Å². The van der Waals surface area contributed by atoms with E-state index in [0.29, 0.717) is 32.5 Å². The Morgan fingerprint density at radius 2 is 2.29 bits per heavy atom. The van der Waals surface area contributed by atoms with Crippen molar-refractivity contribution in [2.45, 2.75) is 25.9 Å². The van der Waals surface area contributed by atoms with Crippen molar-refractivity contribution in [2.75, 3.05) is 19.6 Å². The van der Waals surface area contributed by atoms with Crippen molar-refractivity contribution < 1.29 is 14.7 Å². The molecule has 1 unspecified atom stereocenters. The van der Waals surface area contributed by atoms with Gasteiger partial charge in [-0.2, -0.15) is 0 Å². The molecular weight excluding hydrogens is 184 g/mol. The summed E-state index contributed by atoms with van der Waals surface area (Å²) in [6, 6.07) is 0. The first-order valence-electron chi connectivity index (χ1n) is 4.80. The van der Waals surface area contributed by atoms with Gasteiger partial charge >= 0.3 is 0 Å². The molecule has 1 rings (SSSR count). The molecular formula is C9H16N2O3. The van der Waals surface area contributed by atoms with Gasteiger partial charge in [-0.15, -0.1) is 0 Å². The number of carbonyl (C=O) groups excluding carboxylic acids is 2. The third kappa shape index (κ3) is 3.33. The maximum atomic E-state index is 11.4. The van der Waals surface area contributed by atoms with Gasteiger partial charge in [0.15, 0.2) is 0 Å². The molecule has 0 spiro atoms. The van der Waals surface area contributed by atoms with Gasteiger partial charge in [0, 0.05) is 33.0 Å². The Morgan fingerprint density at radius 1 is 1.57 bits per heavy atom. The zero-order valence-corrected chi connectivity index (χ0v) is 8.32. The molecule has 2 amide bonds. The van der Waals surface area contributed by atoms with Gasteiger partial charge in [-0.3, -0.25) is 9.59 Å². The van der Waals surface area contributed by atoms with Crippen LogP contribution < -0.4 is 5.32 Å². The molecule has 1 fully saturated rings. The van der Waals surface area contributed by atoms with Crippen molar-refractivity contribution in [3.63, 3.8) is 0 Å². The Morgan fingerprint density at radius 3 is 2.79 bits per heavy atom. The minimum absolute atomic E-state index is 0.00435. The monoisotopic (exact) mass is 200 g/mol. The molecule has 5 nitrogen and oxygen atoms in total. The van der Waals surface area contributed by atoms with Gasteiger partial charge in [0.05, 0.1) is 6.10 Å². The average molecular weight is 200 g/mol. The molecule has 1 heterocycles. The molecule has 1 saturated heterocycles. The maximum Gasteiger partial charge on any atom is 0.224 e. The van der Waals surface area contributed by atoms with Crippen molar-refractivity contribution in [1.29, 1.82) is 0 Å². The Balaban J connectivity index is 2.18. The van der Waals surface area contributed by atoms with Gasteiger partial charge in [0.25, 0.3) is 0 Å². The lowest BCUT2D eigenvalue weighted by molar-refractivity contribution is -0.130. The van der Waals surface area contributed by atoms with E-state index < -0.39 is 0 Å². The number of likely N-dealkylation sites (tertiary alicyclic amines) is 1. The van der Waals surface area contributed by atoms with E-state index in [2.05, 4.69) is 5.32 Å². The highest BCUT2D eigenvalue weighted by Crippen LogP contribution is 2.09. The van der Waals surface area contributed by atoms with Crippen molar-refractivity contribution in [3.05, 3.63) is 0 Å². The van der Waals surface area contributed by atoms with E-state index in [-0.39, 0.29) is 17.9 Å². The molecule has 0 aromatic heterocycles. The summed E-state index contributed by atoms with van der Waals surface area (Å²) in [4.78, 5) is 23.6. The molecule has 1 aliphatic rings. The number of nitrogens with zero attached hydrogens (tertiary/aromatic N) is 1. The zero-order chi connectivity index (χ0) is 10.6. The van der Waals surface area contributed by atoms with Crippen molar-refractivity contribution in [3.8, 4) is 0 Å². The molecule has 0 radical (unpaired) electrons. The van der Waals surface area contributed by atoms with Crippen LogP contribution in [0.3, 0.4) is 0 Å². The fourth-order valence-corrected chi connectivity index (χ4v) is 1.47. The standard InChI is InChI=1S/C9H16N2O3/c1-7(12)10-4-2-9(14)11-5-3-8(13)6-11/h8,13H,2-6H2,1H3,(H,10,12). The number of hydrogen-bond donors (Lipinski definition) is 2. The zero-order valence-electron chi connectivity index (χ0n) is 8.32. The van der Waals surface area contributed by atoms with Crippen LogP contribution in [-0.2, 0) is 9.59 Å². The lowest BCUT2D eigenvalue weighted by Gasteiger charge is -2.15. The molecule has 0 saturated carbocycles. The highest BCUT2D eigenvalue weighted by atomic mass is 16.3. The van der Waals surface area contributed by atoms with Crippen molar-refractivity contribution >= 4 is 11.8 Å². The van der Waals surface area contributed by atoms with E-state index in [9.17, 15) is 14.7 Å². The third-order valence-corrected chi connectivity index (χ3v) is 2.23. The quantitative estimate of drug-likeness (QED) is 0.620. The van der Waals surface area contributed by atoms with E-state index >= 15 is 0 Å². The smallest absolute Gasteiger partial charge is 0.224 e. The predicted octanol–water partition coefficient (Wildman–Crippen LogP) is -0.894. The summed E-state index contributed by atoms with van der Waals surface area (Å²) in [5.74, 6) is -0.130. The number of amides is 2. The van der Waals surface area contributed by atoms with Gasteiger partial charge in [0.1, 0.15) is 0 Å². The number of aliphatic hydroxyl groups excluding tert-OH is 1. The Bertz CT molecular complexity index is 230. The highest BCUT2D eigenvalue weighted by molar-refractivity contribution is 5.78. The van der Waals surface area contributed by atoms with Crippen LogP contribution in [0, 0.1) is 0 Å². The number of carbonyl (C=O) groups is 2. The molecule has 1 atom stereocenters. The largest absolute Gasteiger partial charge is 0.391 e. The molecule has 80 valence electrons. The second kappa shape index (κ2) is 4.95. The van der Waals surface area contributed by atoms with Crippen LogP contribution in [-0.4, -0.2) is 47.6 Å². The van der Waals surface area contributed by atoms with Crippen LogP contribution in [0.4, 0.5) is 0 Å². The maximum absolute atomic E-state index is 11.4. The van der Waals surface area contributed by atoms with Gasteiger partial charge in [-0.1, -0.05) is 0 Å². The molecule has 0 aromatic carbocycles. The molecule has 5 heteroatoms. The van der Waals surface area contributed by atoms with Gasteiger partial charge in [0.2, 0.25) is 11.8 Å². The number of nitrogens with one attached hydrogen (secondary N) is 1. The van der Waals surface area contributed by atoms with E-state index in [4.69, 9.17) is 0 Å². The lowest BCUT2D eigenvalue weighted by atomic mass is 10.3. The molecule has 2 N–H and O–H groups in total. The fourth-order valence-electron chi connectivity index (χ4n) is 1.47. The van der Waals surface area contributed by atoms with Crippen LogP contribution in [0.25, 0.3) is 0 Å². The Hall–Kier alpha value is -1.10. The fraction of sp³-hybridized carbons (Fsp3) is 0.778. The van der Waals surface area contributed by atoms with Gasteiger partial charge < -0.3 is 15.3 Å². The van der Waals surface area contributed by atoms with Crippen LogP contribution >= 0.6 is 0 Å². The first kappa shape index (κ1) is 11.0. The molecule has 0 aromatic rings. The normalized spacial score (nSPS) is 21.0. The molecule has 1 aliphatic heterocycles. The van der Waals surface area contributed by atoms with Crippen molar-refractivity contribution in [2.24, 2.45) is 0 Å². The summed E-state index contributed by atoms with van der Waals surface area (Å²) in [5, 5.41) is 11.8. The summed E-state index contributed by atoms with van der Waals surface area (Å²) in [6.07, 6.45) is 0.595. The van der Waals surface area contributed by atoms with Crippen LogP contribution in [0.1, 0.15) is 19.8 Å². The topological polar surface area (TPSA) is 69.6 Å². The Kier molecular flexibility index (Phi) is 3.88. The second-order valence-corrected chi connectivity index (χ2v) is 3.52. The first-order chi connectivity index (χ1) is 6.59. The van der Waals surface area contributed by atoms with Crippen LogP contribution in [0.15, 0.2) is 0 Å². The Labute approximate surface area is 83.1 Å². The number of rotatable bonds is 3. The number of aliphatic hydroxyl groups is 1.